The topological polar surface area (TPSA) is 45.4 Å². The van der Waals surface area contributed by atoms with Crippen LogP contribution in [0.3, 0.4) is 0 Å². The molecule has 0 bridgehead atoms. The van der Waals surface area contributed by atoms with Crippen molar-refractivity contribution in [3.8, 4) is 5.75 Å². The van der Waals surface area contributed by atoms with Gasteiger partial charge in [-0.25, -0.2) is 0 Å². The monoisotopic (exact) mass is 207 g/mol. The molecule has 0 aliphatic carbocycles. The molecule has 4 heteroatoms. The van der Waals surface area contributed by atoms with Crippen LogP contribution in [0.2, 0.25) is 0 Å². The zero-order chi connectivity index (χ0) is 10.3. The zero-order valence-corrected chi connectivity index (χ0v) is 8.39. The summed E-state index contributed by atoms with van der Waals surface area (Å²) in [6.45, 7) is 0.765. The van der Waals surface area contributed by atoms with Crippen molar-refractivity contribution >= 4 is 0 Å². The van der Waals surface area contributed by atoms with Crippen molar-refractivity contribution in [2.75, 3.05) is 6.61 Å². The summed E-state index contributed by atoms with van der Waals surface area (Å²) < 4.78 is 12.1. The Morgan fingerprint density at radius 3 is 3.33 bits per heavy atom. The second-order valence-corrected chi connectivity index (χ2v) is 4.11. The molecule has 1 saturated heterocycles. The van der Waals surface area contributed by atoms with Crippen LogP contribution in [-0.2, 0) is 11.2 Å². The van der Waals surface area contributed by atoms with Crippen LogP contribution in [0.15, 0.2) is 18.3 Å². The minimum Gasteiger partial charge on any atom is -0.618 e. The van der Waals surface area contributed by atoms with Crippen LogP contribution in [0.5, 0.6) is 5.75 Å². The molecule has 1 fully saturated rings. The molecule has 0 spiro atoms. The van der Waals surface area contributed by atoms with Gasteiger partial charge in [0, 0.05) is 18.4 Å². The van der Waals surface area contributed by atoms with Gasteiger partial charge in [0.15, 0.2) is 11.9 Å². The Kier molecular flexibility index (Phi) is 2.02. The third-order valence-electron chi connectivity index (χ3n) is 3.10. The maximum absolute atomic E-state index is 11.5. The van der Waals surface area contributed by atoms with E-state index in [0.29, 0.717) is 11.7 Å². The van der Waals surface area contributed by atoms with E-state index in [1.54, 1.807) is 6.07 Å². The summed E-state index contributed by atoms with van der Waals surface area (Å²) in [5, 5.41) is 11.5. The van der Waals surface area contributed by atoms with E-state index in [1.807, 2.05) is 6.07 Å². The van der Waals surface area contributed by atoms with Gasteiger partial charge in [-0.15, -0.1) is 0 Å². The molecule has 4 nitrogen and oxygen atoms in total. The summed E-state index contributed by atoms with van der Waals surface area (Å²) in [5.74, 6) is 1.02. The van der Waals surface area contributed by atoms with E-state index in [4.69, 9.17) is 9.47 Å². The number of pyridine rings is 1. The molecule has 15 heavy (non-hydrogen) atoms. The Labute approximate surface area is 88.0 Å². The lowest BCUT2D eigenvalue weighted by atomic mass is 9.92. The first-order valence-electron chi connectivity index (χ1n) is 5.34. The highest BCUT2D eigenvalue weighted by atomic mass is 16.7. The van der Waals surface area contributed by atoms with E-state index in [9.17, 15) is 5.21 Å². The van der Waals surface area contributed by atoms with Crippen LogP contribution in [-0.4, -0.2) is 12.9 Å². The Morgan fingerprint density at radius 1 is 1.47 bits per heavy atom. The molecule has 0 saturated carbocycles. The van der Waals surface area contributed by atoms with Crippen molar-refractivity contribution < 1.29 is 14.2 Å². The van der Waals surface area contributed by atoms with Crippen LogP contribution in [0.4, 0.5) is 0 Å². The van der Waals surface area contributed by atoms with E-state index >= 15 is 0 Å². The van der Waals surface area contributed by atoms with Crippen molar-refractivity contribution in [1.29, 1.82) is 0 Å². The van der Waals surface area contributed by atoms with Crippen molar-refractivity contribution in [1.82, 2.24) is 0 Å². The molecule has 3 rings (SSSR count). The molecule has 2 atom stereocenters. The lowest BCUT2D eigenvalue weighted by molar-refractivity contribution is -0.616. The van der Waals surface area contributed by atoms with Crippen LogP contribution in [0.1, 0.15) is 18.5 Å². The van der Waals surface area contributed by atoms with Gasteiger partial charge in [-0.1, -0.05) is 0 Å². The fourth-order valence-electron chi connectivity index (χ4n) is 2.32. The number of aromatic nitrogens is 1. The van der Waals surface area contributed by atoms with Gasteiger partial charge in [-0.2, -0.15) is 4.73 Å². The normalized spacial score (nSPS) is 28.8. The molecular formula is C11H13NO3. The molecule has 1 aromatic rings. The number of hydrogen-bond acceptors (Lipinski definition) is 3. The Balaban J connectivity index is 1.95. The number of nitrogens with zero attached hydrogens (tertiary/aromatic N) is 1. The fraction of sp³-hybridized carbons (Fsp3) is 0.545. The molecular weight excluding hydrogens is 194 g/mol. The van der Waals surface area contributed by atoms with Crippen LogP contribution >= 0.6 is 0 Å². The second kappa shape index (κ2) is 3.38. The first-order chi connectivity index (χ1) is 7.34. The van der Waals surface area contributed by atoms with Crippen LogP contribution in [0.25, 0.3) is 0 Å². The quantitative estimate of drug-likeness (QED) is 0.471. The lowest BCUT2D eigenvalue weighted by Gasteiger charge is -2.34. The van der Waals surface area contributed by atoms with Gasteiger partial charge < -0.3 is 14.7 Å². The first kappa shape index (κ1) is 8.97. The third-order valence-corrected chi connectivity index (χ3v) is 3.10. The first-order valence-corrected chi connectivity index (χ1v) is 5.34. The Morgan fingerprint density at radius 2 is 2.40 bits per heavy atom. The molecule has 0 N–H and O–H groups in total. The molecule has 3 heterocycles. The minimum atomic E-state index is -0.145. The smallest absolute Gasteiger partial charge is 0.235 e. The molecule has 2 aliphatic heterocycles. The molecule has 0 amide bonds. The van der Waals surface area contributed by atoms with E-state index in [-0.39, 0.29) is 6.29 Å². The van der Waals surface area contributed by atoms with Crippen molar-refractivity contribution in [2.24, 2.45) is 5.92 Å². The highest BCUT2D eigenvalue weighted by Gasteiger charge is 2.36. The molecule has 1 aromatic heterocycles. The van der Waals surface area contributed by atoms with E-state index in [2.05, 4.69) is 0 Å². The SMILES string of the molecule is [O-][n+]1cccc2c1CC1CCCOC1O2. The Hall–Kier alpha value is -1.29. The summed E-state index contributed by atoms with van der Waals surface area (Å²) >= 11 is 0. The minimum absolute atomic E-state index is 0.145. The van der Waals surface area contributed by atoms with Gasteiger partial charge in [0.1, 0.15) is 0 Å². The maximum Gasteiger partial charge on any atom is 0.235 e. The van der Waals surface area contributed by atoms with Crippen LogP contribution in [0, 0.1) is 11.1 Å². The molecule has 80 valence electrons. The van der Waals surface area contributed by atoms with Gasteiger partial charge in [0.05, 0.1) is 6.61 Å². The van der Waals surface area contributed by atoms with Crippen LogP contribution < -0.4 is 9.47 Å². The lowest BCUT2D eigenvalue weighted by Crippen LogP contribution is -2.44. The molecule has 0 radical (unpaired) electrons. The Bertz CT molecular complexity index is 380. The average Bonchev–Trinajstić information content (AvgIpc) is 2.27. The van der Waals surface area contributed by atoms with Crippen molar-refractivity contribution in [3.05, 3.63) is 29.2 Å². The van der Waals surface area contributed by atoms with E-state index in [1.165, 1.54) is 6.20 Å². The maximum atomic E-state index is 11.5. The number of ether oxygens (including phenoxy) is 2. The number of fused-ring (bicyclic) bond motifs is 2. The fourth-order valence-corrected chi connectivity index (χ4v) is 2.32. The highest BCUT2D eigenvalue weighted by molar-refractivity contribution is 5.26. The molecule has 2 unspecified atom stereocenters. The second-order valence-electron chi connectivity index (χ2n) is 4.11. The van der Waals surface area contributed by atoms with E-state index in [0.717, 1.165) is 36.3 Å². The zero-order valence-electron chi connectivity index (χ0n) is 8.39. The predicted molar refractivity (Wildman–Crippen MR) is 52.2 cm³/mol. The predicted octanol–water partition coefficient (Wildman–Crippen LogP) is 1.01. The van der Waals surface area contributed by atoms with E-state index < -0.39 is 0 Å². The standard InChI is InChI=1S/C11H13NO3/c13-12-5-1-4-10-9(12)7-8-3-2-6-14-11(8)15-10/h1,4-5,8,11H,2-3,6-7H2. The summed E-state index contributed by atoms with van der Waals surface area (Å²) in [4.78, 5) is 0. The third kappa shape index (κ3) is 1.45. The average molecular weight is 207 g/mol. The van der Waals surface area contributed by atoms with Gasteiger partial charge in [0.25, 0.3) is 0 Å². The summed E-state index contributed by atoms with van der Waals surface area (Å²) in [6.07, 6.45) is 4.29. The van der Waals surface area contributed by atoms with Crippen molar-refractivity contribution in [2.45, 2.75) is 25.6 Å². The van der Waals surface area contributed by atoms with Gasteiger partial charge in [-0.3, -0.25) is 0 Å². The van der Waals surface area contributed by atoms with Gasteiger partial charge >= 0.3 is 0 Å². The highest BCUT2D eigenvalue weighted by Crippen LogP contribution is 2.33. The van der Waals surface area contributed by atoms with Crippen molar-refractivity contribution in [3.63, 3.8) is 0 Å². The van der Waals surface area contributed by atoms with Gasteiger partial charge in [-0.05, 0) is 18.9 Å². The number of rotatable bonds is 0. The molecule has 0 aromatic carbocycles. The summed E-state index contributed by atoms with van der Waals surface area (Å²) in [6, 6.07) is 3.53. The summed E-state index contributed by atoms with van der Waals surface area (Å²) in [5.41, 5.74) is 0.740. The number of hydrogen-bond donors (Lipinski definition) is 0. The summed E-state index contributed by atoms with van der Waals surface area (Å²) in [7, 11) is 0. The largest absolute Gasteiger partial charge is 0.618 e. The van der Waals surface area contributed by atoms with Gasteiger partial charge in [0.2, 0.25) is 12.0 Å². The molecule has 2 aliphatic rings.